The summed E-state index contributed by atoms with van der Waals surface area (Å²) in [4.78, 5) is 19.6. The summed E-state index contributed by atoms with van der Waals surface area (Å²) >= 11 is 1.80. The predicted octanol–water partition coefficient (Wildman–Crippen LogP) is 4.32. The Morgan fingerprint density at radius 1 is 1.08 bits per heavy atom. The topological polar surface area (TPSA) is 32.8 Å². The molecule has 0 spiro atoms. The van der Waals surface area contributed by atoms with Crippen LogP contribution in [0.2, 0.25) is 0 Å². The minimum absolute atomic E-state index is 0.114. The van der Waals surface area contributed by atoms with Crippen LogP contribution in [0.3, 0.4) is 0 Å². The van der Waals surface area contributed by atoms with E-state index in [-0.39, 0.29) is 18.1 Å². The fraction of sp³-hybridized carbons (Fsp3) is 0.381. The Morgan fingerprint density at radius 3 is 2.35 bits per heavy atom. The lowest BCUT2D eigenvalue weighted by atomic mass is 10.1. The molecule has 0 saturated carbocycles. The molecule has 0 N–H and O–H groups in total. The van der Waals surface area contributed by atoms with E-state index in [1.54, 1.807) is 11.8 Å². The number of hydrogen-bond acceptors (Lipinski definition) is 4. The average Bonchev–Trinajstić information content (AvgIpc) is 2.66. The van der Waals surface area contributed by atoms with Crippen molar-refractivity contribution in [2.45, 2.75) is 42.2 Å². The molecule has 4 rings (SSSR count). The molecule has 2 aromatic rings. The zero-order chi connectivity index (χ0) is 18.1. The molecule has 2 aliphatic rings. The van der Waals surface area contributed by atoms with Crippen LogP contribution in [0.1, 0.15) is 20.3 Å². The Morgan fingerprint density at radius 2 is 1.69 bits per heavy atom. The number of anilines is 2. The number of nitrogens with zero attached hydrogens (tertiary/aromatic N) is 2. The molecule has 0 aliphatic carbocycles. The van der Waals surface area contributed by atoms with E-state index >= 15 is 0 Å². The summed E-state index contributed by atoms with van der Waals surface area (Å²) < 4.78 is 5.65. The molecule has 5 heteroatoms. The molecule has 136 valence electrons. The van der Waals surface area contributed by atoms with Crippen LogP contribution < -0.4 is 4.90 Å². The molecule has 0 radical (unpaired) electrons. The zero-order valence-electron chi connectivity index (χ0n) is 15.2. The zero-order valence-corrected chi connectivity index (χ0v) is 16.0. The molecule has 0 bridgehead atoms. The monoisotopic (exact) mass is 368 g/mol. The Hall–Kier alpha value is -1.98. The fourth-order valence-corrected chi connectivity index (χ4v) is 4.72. The van der Waals surface area contributed by atoms with Gasteiger partial charge in [-0.3, -0.25) is 4.79 Å². The number of ether oxygens (including phenoxy) is 1. The molecular weight excluding hydrogens is 344 g/mol. The molecule has 4 nitrogen and oxygen atoms in total. The van der Waals surface area contributed by atoms with E-state index < -0.39 is 0 Å². The third-order valence-electron chi connectivity index (χ3n) is 5.01. The van der Waals surface area contributed by atoms with E-state index in [4.69, 9.17) is 4.74 Å². The first-order chi connectivity index (χ1) is 12.6. The summed E-state index contributed by atoms with van der Waals surface area (Å²) in [5.41, 5.74) is 2.37. The van der Waals surface area contributed by atoms with Gasteiger partial charge in [-0.2, -0.15) is 0 Å². The third-order valence-corrected chi connectivity index (χ3v) is 6.14. The van der Waals surface area contributed by atoms with Gasteiger partial charge in [-0.1, -0.05) is 36.0 Å². The molecule has 2 aromatic carbocycles. The number of morpholine rings is 1. The first-order valence-electron chi connectivity index (χ1n) is 9.18. The van der Waals surface area contributed by atoms with Gasteiger partial charge in [0, 0.05) is 29.3 Å². The quantitative estimate of drug-likeness (QED) is 0.808. The molecular formula is C21H24N2O2S. The molecule has 1 saturated heterocycles. The van der Waals surface area contributed by atoms with Gasteiger partial charge in [0.05, 0.1) is 30.1 Å². The van der Waals surface area contributed by atoms with Crippen LogP contribution in [0.4, 0.5) is 11.4 Å². The van der Waals surface area contributed by atoms with Crippen molar-refractivity contribution >= 4 is 29.0 Å². The van der Waals surface area contributed by atoms with Crippen LogP contribution in [0, 0.1) is 0 Å². The summed E-state index contributed by atoms with van der Waals surface area (Å²) in [6.45, 7) is 6.08. The Bertz CT molecular complexity index is 765. The van der Waals surface area contributed by atoms with Crippen LogP contribution in [0.5, 0.6) is 0 Å². The molecule has 2 aliphatic heterocycles. The van der Waals surface area contributed by atoms with Crippen molar-refractivity contribution in [2.75, 3.05) is 24.6 Å². The Kier molecular flexibility index (Phi) is 4.92. The number of hydrogen-bond donors (Lipinski definition) is 0. The number of para-hydroxylation sites is 2. The molecule has 2 atom stereocenters. The first-order valence-corrected chi connectivity index (χ1v) is 9.99. The molecule has 1 fully saturated rings. The van der Waals surface area contributed by atoms with Crippen LogP contribution in [-0.4, -0.2) is 42.6 Å². The second-order valence-electron chi connectivity index (χ2n) is 6.98. The van der Waals surface area contributed by atoms with E-state index in [2.05, 4.69) is 60.4 Å². The van der Waals surface area contributed by atoms with E-state index in [1.165, 1.54) is 21.2 Å². The molecule has 0 aromatic heterocycles. The van der Waals surface area contributed by atoms with Gasteiger partial charge in [0.25, 0.3) is 0 Å². The van der Waals surface area contributed by atoms with Crippen molar-refractivity contribution in [3.8, 4) is 0 Å². The lowest BCUT2D eigenvalue weighted by Crippen LogP contribution is -2.50. The summed E-state index contributed by atoms with van der Waals surface area (Å²) in [6, 6.07) is 17.0. The SMILES string of the molecule is CC1CN(C(=O)CCN2c3ccccc3Sc3ccccc32)C(C)CO1. The molecule has 1 amide bonds. The second kappa shape index (κ2) is 7.33. The Balaban J connectivity index is 1.54. The maximum atomic E-state index is 12.9. The summed E-state index contributed by atoms with van der Waals surface area (Å²) in [7, 11) is 0. The van der Waals surface area contributed by atoms with Gasteiger partial charge >= 0.3 is 0 Å². The minimum Gasteiger partial charge on any atom is -0.375 e. The summed E-state index contributed by atoms with van der Waals surface area (Å²) in [5, 5.41) is 0. The number of rotatable bonds is 3. The smallest absolute Gasteiger partial charge is 0.224 e. The fourth-order valence-electron chi connectivity index (χ4n) is 3.62. The van der Waals surface area contributed by atoms with Crippen LogP contribution in [0.15, 0.2) is 58.3 Å². The van der Waals surface area contributed by atoms with Crippen LogP contribution in [-0.2, 0) is 9.53 Å². The molecule has 2 unspecified atom stereocenters. The van der Waals surface area contributed by atoms with Gasteiger partial charge in [0.15, 0.2) is 0 Å². The van der Waals surface area contributed by atoms with Gasteiger partial charge in [-0.15, -0.1) is 0 Å². The predicted molar refractivity (Wildman–Crippen MR) is 105 cm³/mol. The number of amides is 1. The van der Waals surface area contributed by atoms with Crippen molar-refractivity contribution < 1.29 is 9.53 Å². The van der Waals surface area contributed by atoms with Gasteiger partial charge in [0.2, 0.25) is 5.91 Å². The standard InChI is InChI=1S/C21H24N2O2S/c1-15-14-25-16(2)13-23(15)21(24)11-12-22-17-7-3-5-9-19(17)26-20-10-6-4-8-18(20)22/h3-10,15-16H,11-14H2,1-2H3. The van der Waals surface area contributed by atoms with Gasteiger partial charge in [-0.05, 0) is 38.1 Å². The minimum atomic E-state index is 0.114. The van der Waals surface area contributed by atoms with Crippen molar-refractivity contribution in [3.63, 3.8) is 0 Å². The third kappa shape index (κ3) is 3.33. The number of carbonyl (C=O) groups excluding carboxylic acids is 1. The van der Waals surface area contributed by atoms with Gasteiger partial charge < -0.3 is 14.5 Å². The van der Waals surface area contributed by atoms with Gasteiger partial charge in [-0.25, -0.2) is 0 Å². The number of fused-ring (bicyclic) bond motifs is 2. The maximum Gasteiger partial charge on any atom is 0.224 e. The number of benzene rings is 2. The van der Waals surface area contributed by atoms with Crippen LogP contribution in [0.25, 0.3) is 0 Å². The van der Waals surface area contributed by atoms with Crippen molar-refractivity contribution in [1.82, 2.24) is 4.90 Å². The highest BCUT2D eigenvalue weighted by Gasteiger charge is 2.29. The first kappa shape index (κ1) is 17.4. The molecule has 2 heterocycles. The molecule has 26 heavy (non-hydrogen) atoms. The summed E-state index contributed by atoms with van der Waals surface area (Å²) in [6.07, 6.45) is 0.618. The van der Waals surface area contributed by atoms with E-state index in [0.29, 0.717) is 26.1 Å². The van der Waals surface area contributed by atoms with E-state index in [0.717, 1.165) is 0 Å². The van der Waals surface area contributed by atoms with E-state index in [9.17, 15) is 4.79 Å². The highest BCUT2D eigenvalue weighted by molar-refractivity contribution is 7.99. The van der Waals surface area contributed by atoms with Crippen molar-refractivity contribution in [1.29, 1.82) is 0 Å². The highest BCUT2D eigenvalue weighted by Crippen LogP contribution is 2.47. The average molecular weight is 369 g/mol. The lowest BCUT2D eigenvalue weighted by molar-refractivity contribution is -0.142. The number of carbonyl (C=O) groups is 1. The maximum absolute atomic E-state index is 12.9. The Labute approximate surface area is 159 Å². The lowest BCUT2D eigenvalue weighted by Gasteiger charge is -2.38. The van der Waals surface area contributed by atoms with Crippen LogP contribution >= 0.6 is 11.8 Å². The normalized spacial score (nSPS) is 21.9. The summed E-state index contributed by atoms with van der Waals surface area (Å²) in [5.74, 6) is 0.209. The largest absolute Gasteiger partial charge is 0.375 e. The van der Waals surface area contributed by atoms with Crippen molar-refractivity contribution in [2.24, 2.45) is 0 Å². The second-order valence-corrected chi connectivity index (χ2v) is 8.06. The van der Waals surface area contributed by atoms with Crippen molar-refractivity contribution in [3.05, 3.63) is 48.5 Å². The highest BCUT2D eigenvalue weighted by atomic mass is 32.2. The van der Waals surface area contributed by atoms with E-state index in [1.807, 2.05) is 11.8 Å². The van der Waals surface area contributed by atoms with Gasteiger partial charge in [0.1, 0.15) is 0 Å².